The van der Waals surface area contributed by atoms with Crippen molar-refractivity contribution < 1.29 is 12.8 Å². The number of pyridine rings is 1. The van der Waals surface area contributed by atoms with E-state index >= 15 is 0 Å². The molecule has 0 atom stereocenters. The Morgan fingerprint density at radius 3 is 2.34 bits per heavy atom. The summed E-state index contributed by atoms with van der Waals surface area (Å²) in [5.74, 6) is -0.502. The minimum absolute atomic E-state index is 0.0558. The van der Waals surface area contributed by atoms with Crippen molar-refractivity contribution >= 4 is 26.4 Å². The number of aromatic nitrogens is 1. The lowest BCUT2D eigenvalue weighted by molar-refractivity contribution is 0.594. The van der Waals surface area contributed by atoms with Gasteiger partial charge in [0.05, 0.1) is 21.5 Å². The molecule has 5 nitrogen and oxygen atoms in total. The second-order valence-electron chi connectivity index (χ2n) is 7.45. The topological polar surface area (TPSA) is 59.4 Å². The van der Waals surface area contributed by atoms with Crippen LogP contribution >= 0.6 is 0 Å². The average Bonchev–Trinajstić information content (AvgIpc) is 3.25. The molecule has 1 aliphatic heterocycles. The number of halogens is 1. The second-order valence-corrected chi connectivity index (χ2v) is 9.37. The molecule has 1 fully saturated rings. The van der Waals surface area contributed by atoms with Crippen molar-refractivity contribution in [3.8, 4) is 0 Å². The molecule has 1 aromatic heterocycles. The Balaban J connectivity index is 1.89. The van der Waals surface area contributed by atoms with Crippen LogP contribution in [0.5, 0.6) is 0 Å². The fourth-order valence-electron chi connectivity index (χ4n) is 3.88. The highest BCUT2D eigenvalue weighted by atomic mass is 32.2. The molecule has 0 aliphatic carbocycles. The van der Waals surface area contributed by atoms with Crippen molar-refractivity contribution in [2.24, 2.45) is 7.05 Å². The smallest absolute Gasteiger partial charge is 0.211 e. The summed E-state index contributed by atoms with van der Waals surface area (Å²) >= 11 is 0. The van der Waals surface area contributed by atoms with Crippen LogP contribution in [0, 0.1) is 5.82 Å². The summed E-state index contributed by atoms with van der Waals surface area (Å²) in [6.07, 6.45) is 4.13. The summed E-state index contributed by atoms with van der Waals surface area (Å²) in [4.78, 5) is 14.7. The molecule has 29 heavy (non-hydrogen) atoms. The molecule has 152 valence electrons. The van der Waals surface area contributed by atoms with E-state index in [2.05, 4.69) is 0 Å². The van der Waals surface area contributed by atoms with Gasteiger partial charge >= 0.3 is 0 Å². The van der Waals surface area contributed by atoms with E-state index in [0.29, 0.717) is 11.2 Å². The van der Waals surface area contributed by atoms with Crippen molar-refractivity contribution in [1.82, 2.24) is 4.57 Å². The number of aryl methyl sites for hydroxylation is 2. The van der Waals surface area contributed by atoms with Crippen LogP contribution in [0.4, 0.5) is 10.1 Å². The van der Waals surface area contributed by atoms with Crippen LogP contribution in [0.15, 0.2) is 57.2 Å². The monoisotopic (exact) mass is 414 g/mol. The molecule has 0 bridgehead atoms. The van der Waals surface area contributed by atoms with Gasteiger partial charge in [0, 0.05) is 26.3 Å². The molecule has 2 heterocycles. The van der Waals surface area contributed by atoms with Gasteiger partial charge in [0.2, 0.25) is 15.3 Å². The molecule has 0 saturated carbocycles. The van der Waals surface area contributed by atoms with E-state index in [1.165, 1.54) is 24.4 Å². The van der Waals surface area contributed by atoms with Gasteiger partial charge in [-0.3, -0.25) is 4.79 Å². The fraction of sp³-hybridized carbons (Fsp3) is 0.318. The Hall–Kier alpha value is -2.67. The van der Waals surface area contributed by atoms with Crippen LogP contribution in [-0.2, 0) is 23.3 Å². The van der Waals surface area contributed by atoms with Gasteiger partial charge in [0.1, 0.15) is 10.7 Å². The lowest BCUT2D eigenvalue weighted by atomic mass is 10.1. The van der Waals surface area contributed by atoms with E-state index in [1.807, 2.05) is 11.8 Å². The molecule has 0 N–H and O–H groups in total. The number of fused-ring (bicyclic) bond motifs is 1. The molecule has 0 unspecified atom stereocenters. The van der Waals surface area contributed by atoms with E-state index in [9.17, 15) is 17.6 Å². The van der Waals surface area contributed by atoms with Crippen LogP contribution in [0.3, 0.4) is 0 Å². The highest BCUT2D eigenvalue weighted by molar-refractivity contribution is 7.91. The van der Waals surface area contributed by atoms with E-state index in [-0.39, 0.29) is 15.2 Å². The molecule has 1 aliphatic rings. The van der Waals surface area contributed by atoms with Crippen molar-refractivity contribution in [3.05, 3.63) is 64.2 Å². The highest BCUT2D eigenvalue weighted by Crippen LogP contribution is 2.29. The molecular weight excluding hydrogens is 391 g/mol. The number of rotatable bonds is 4. The lowest BCUT2D eigenvalue weighted by Crippen LogP contribution is -2.21. The van der Waals surface area contributed by atoms with Gasteiger partial charge in [-0.2, -0.15) is 0 Å². The van der Waals surface area contributed by atoms with Crippen molar-refractivity contribution in [2.75, 3.05) is 18.0 Å². The predicted octanol–water partition coefficient (Wildman–Crippen LogP) is 3.67. The van der Waals surface area contributed by atoms with Gasteiger partial charge in [-0.05, 0) is 49.1 Å². The lowest BCUT2D eigenvalue weighted by Gasteiger charge is -2.20. The third-order valence-corrected chi connectivity index (χ3v) is 7.37. The van der Waals surface area contributed by atoms with Crippen LogP contribution in [0.25, 0.3) is 10.9 Å². The highest BCUT2D eigenvalue weighted by Gasteiger charge is 2.25. The molecule has 2 aromatic carbocycles. The quantitative estimate of drug-likeness (QED) is 0.654. The molecular formula is C22H23FN2O3S. The number of hydrogen-bond donors (Lipinski definition) is 0. The van der Waals surface area contributed by atoms with Crippen molar-refractivity contribution in [3.63, 3.8) is 0 Å². The maximum absolute atomic E-state index is 14.8. The third-order valence-electron chi connectivity index (χ3n) is 5.60. The van der Waals surface area contributed by atoms with Crippen LogP contribution in [0.2, 0.25) is 0 Å². The molecule has 0 amide bonds. The Bertz CT molecular complexity index is 1240. The summed E-state index contributed by atoms with van der Waals surface area (Å²) in [5, 5.41) is 0.0687. The van der Waals surface area contributed by atoms with E-state index in [1.54, 1.807) is 29.8 Å². The number of anilines is 1. The molecule has 7 heteroatoms. The SMILES string of the molecule is CCc1ccc(S(=O)(=O)c2cn(C)c3cc(N4CCCC4)c(F)cc3c2=O)cc1. The van der Waals surface area contributed by atoms with Crippen molar-refractivity contribution in [2.45, 2.75) is 36.0 Å². The number of sulfone groups is 1. The zero-order chi connectivity index (χ0) is 20.8. The largest absolute Gasteiger partial charge is 0.369 e. The average molecular weight is 415 g/mol. The summed E-state index contributed by atoms with van der Waals surface area (Å²) < 4.78 is 42.6. The van der Waals surface area contributed by atoms with Crippen LogP contribution in [-0.4, -0.2) is 26.1 Å². The Labute approximate surface area is 169 Å². The first-order valence-corrected chi connectivity index (χ1v) is 11.2. The zero-order valence-corrected chi connectivity index (χ0v) is 17.3. The standard InChI is InChI=1S/C22H23FN2O3S/c1-3-15-6-8-16(9-7-15)29(27,28)21-14-24(2)19-13-20(25-10-4-5-11-25)18(23)12-17(19)22(21)26/h6-9,12-14H,3-5,10-11H2,1-2H3. The van der Waals surface area contributed by atoms with Crippen LogP contribution in [0.1, 0.15) is 25.3 Å². The minimum Gasteiger partial charge on any atom is -0.369 e. The third kappa shape index (κ3) is 3.33. The van der Waals surface area contributed by atoms with E-state index < -0.39 is 21.1 Å². The summed E-state index contributed by atoms with van der Waals surface area (Å²) in [7, 11) is -2.34. The number of hydrogen-bond acceptors (Lipinski definition) is 4. The molecule has 4 rings (SSSR count). The van der Waals surface area contributed by atoms with Gasteiger partial charge in [0.25, 0.3) is 0 Å². The first-order chi connectivity index (χ1) is 13.8. The summed E-state index contributed by atoms with van der Waals surface area (Å²) in [6, 6.07) is 9.30. The Morgan fingerprint density at radius 2 is 1.72 bits per heavy atom. The van der Waals surface area contributed by atoms with Gasteiger partial charge in [-0.1, -0.05) is 19.1 Å². The van der Waals surface area contributed by atoms with Gasteiger partial charge in [-0.15, -0.1) is 0 Å². The van der Waals surface area contributed by atoms with E-state index in [0.717, 1.165) is 37.9 Å². The van der Waals surface area contributed by atoms with Crippen molar-refractivity contribution in [1.29, 1.82) is 0 Å². The minimum atomic E-state index is -4.01. The van der Waals surface area contributed by atoms with Gasteiger partial charge in [0.15, 0.2) is 0 Å². The first-order valence-electron chi connectivity index (χ1n) is 9.75. The molecule has 0 radical (unpaired) electrons. The number of nitrogens with zero attached hydrogens (tertiary/aromatic N) is 2. The number of benzene rings is 2. The fourth-order valence-corrected chi connectivity index (χ4v) is 5.28. The van der Waals surface area contributed by atoms with Gasteiger partial charge in [-0.25, -0.2) is 12.8 Å². The zero-order valence-electron chi connectivity index (χ0n) is 16.5. The Morgan fingerprint density at radius 1 is 1.07 bits per heavy atom. The van der Waals surface area contributed by atoms with E-state index in [4.69, 9.17) is 0 Å². The second kappa shape index (κ2) is 7.30. The van der Waals surface area contributed by atoms with Crippen LogP contribution < -0.4 is 10.3 Å². The summed E-state index contributed by atoms with van der Waals surface area (Å²) in [5.41, 5.74) is 1.30. The maximum atomic E-state index is 14.8. The van der Waals surface area contributed by atoms with Gasteiger partial charge < -0.3 is 9.47 Å². The first kappa shape index (κ1) is 19.6. The molecule has 1 saturated heterocycles. The Kier molecular flexibility index (Phi) is 4.94. The molecule has 0 spiro atoms. The normalized spacial score (nSPS) is 14.7. The summed E-state index contributed by atoms with van der Waals surface area (Å²) in [6.45, 7) is 3.53. The predicted molar refractivity (Wildman–Crippen MR) is 112 cm³/mol. The molecule has 3 aromatic rings. The maximum Gasteiger partial charge on any atom is 0.211 e.